The standard InChI is InChI=1S/C16H20N2O2/c1-3-14-17-15-12(16(19)20)5-4-6-13(15)18(14)11-8-7-10(2)9-11/h4-6,10-11H,3,7-9H2,1-2H3,(H,19,20). The van der Waals surface area contributed by atoms with Crippen molar-refractivity contribution in [1.82, 2.24) is 9.55 Å². The molecule has 0 amide bonds. The van der Waals surface area contributed by atoms with E-state index in [1.807, 2.05) is 12.1 Å². The Morgan fingerprint density at radius 3 is 2.85 bits per heavy atom. The van der Waals surface area contributed by atoms with E-state index < -0.39 is 5.97 Å². The molecule has 20 heavy (non-hydrogen) atoms. The summed E-state index contributed by atoms with van der Waals surface area (Å²) in [5.74, 6) is 0.848. The van der Waals surface area contributed by atoms with Crippen LogP contribution in [-0.4, -0.2) is 20.6 Å². The van der Waals surface area contributed by atoms with Crippen LogP contribution >= 0.6 is 0 Å². The number of aromatic nitrogens is 2. The van der Waals surface area contributed by atoms with Crippen LogP contribution in [0.5, 0.6) is 0 Å². The third-order valence-corrected chi connectivity index (χ3v) is 4.37. The Balaban J connectivity index is 2.20. The number of carbonyl (C=O) groups is 1. The van der Waals surface area contributed by atoms with Crippen LogP contribution in [0.1, 0.15) is 55.3 Å². The van der Waals surface area contributed by atoms with Gasteiger partial charge in [-0.3, -0.25) is 0 Å². The zero-order valence-electron chi connectivity index (χ0n) is 12.0. The predicted octanol–water partition coefficient (Wildman–Crippen LogP) is 3.66. The number of rotatable bonds is 3. The van der Waals surface area contributed by atoms with Gasteiger partial charge < -0.3 is 9.67 Å². The van der Waals surface area contributed by atoms with Gasteiger partial charge in [-0.2, -0.15) is 0 Å². The fraction of sp³-hybridized carbons (Fsp3) is 0.500. The first-order valence-electron chi connectivity index (χ1n) is 7.35. The molecule has 0 aliphatic heterocycles. The van der Waals surface area contributed by atoms with Gasteiger partial charge >= 0.3 is 5.97 Å². The summed E-state index contributed by atoms with van der Waals surface area (Å²) in [4.78, 5) is 16.0. The van der Waals surface area contributed by atoms with Gasteiger partial charge in [0.15, 0.2) is 0 Å². The summed E-state index contributed by atoms with van der Waals surface area (Å²) in [5.41, 5.74) is 1.92. The number of hydrogen-bond acceptors (Lipinski definition) is 2. The molecule has 4 nitrogen and oxygen atoms in total. The maximum absolute atomic E-state index is 11.3. The van der Waals surface area contributed by atoms with E-state index in [1.54, 1.807) is 6.07 Å². The Hall–Kier alpha value is -1.84. The van der Waals surface area contributed by atoms with Crippen molar-refractivity contribution in [2.75, 3.05) is 0 Å². The third kappa shape index (κ3) is 1.99. The highest BCUT2D eigenvalue weighted by Gasteiger charge is 2.27. The van der Waals surface area contributed by atoms with Crippen LogP contribution in [0.25, 0.3) is 11.0 Å². The van der Waals surface area contributed by atoms with Gasteiger partial charge in [-0.05, 0) is 37.3 Å². The number of fused-ring (bicyclic) bond motifs is 1. The molecule has 1 saturated carbocycles. The van der Waals surface area contributed by atoms with Crippen molar-refractivity contribution in [3.63, 3.8) is 0 Å². The molecule has 2 atom stereocenters. The first-order valence-corrected chi connectivity index (χ1v) is 7.35. The second-order valence-electron chi connectivity index (χ2n) is 5.80. The SMILES string of the molecule is CCc1nc2c(C(=O)O)cccc2n1C1CCC(C)C1. The minimum absolute atomic E-state index is 0.307. The Labute approximate surface area is 118 Å². The summed E-state index contributed by atoms with van der Waals surface area (Å²) in [6.45, 7) is 4.37. The molecule has 1 aromatic heterocycles. The molecule has 1 heterocycles. The maximum Gasteiger partial charge on any atom is 0.337 e. The molecule has 4 heteroatoms. The van der Waals surface area contributed by atoms with Gasteiger partial charge in [0.2, 0.25) is 0 Å². The Morgan fingerprint density at radius 1 is 1.45 bits per heavy atom. The van der Waals surface area contributed by atoms with Gasteiger partial charge in [0, 0.05) is 12.5 Å². The molecule has 3 rings (SSSR count). The van der Waals surface area contributed by atoms with Crippen molar-refractivity contribution in [3.05, 3.63) is 29.6 Å². The highest BCUT2D eigenvalue weighted by atomic mass is 16.4. The normalized spacial score (nSPS) is 22.5. The highest BCUT2D eigenvalue weighted by Crippen LogP contribution is 2.37. The monoisotopic (exact) mass is 272 g/mol. The van der Waals surface area contributed by atoms with Crippen molar-refractivity contribution in [2.24, 2.45) is 5.92 Å². The van der Waals surface area contributed by atoms with E-state index in [4.69, 9.17) is 0 Å². The Bertz CT molecular complexity index is 660. The van der Waals surface area contributed by atoms with E-state index in [2.05, 4.69) is 23.4 Å². The molecule has 1 fully saturated rings. The highest BCUT2D eigenvalue weighted by molar-refractivity contribution is 6.01. The summed E-state index contributed by atoms with van der Waals surface area (Å²) < 4.78 is 2.28. The van der Waals surface area contributed by atoms with E-state index in [0.29, 0.717) is 17.1 Å². The number of para-hydroxylation sites is 1. The summed E-state index contributed by atoms with van der Waals surface area (Å²) in [6, 6.07) is 5.92. The molecule has 1 N–H and O–H groups in total. The van der Waals surface area contributed by atoms with Crippen LogP contribution in [0.4, 0.5) is 0 Å². The van der Waals surface area contributed by atoms with Crippen LogP contribution in [0.2, 0.25) is 0 Å². The lowest BCUT2D eigenvalue weighted by molar-refractivity contribution is 0.0699. The molecular weight excluding hydrogens is 252 g/mol. The predicted molar refractivity (Wildman–Crippen MR) is 78.1 cm³/mol. The van der Waals surface area contributed by atoms with Crippen LogP contribution < -0.4 is 0 Å². The lowest BCUT2D eigenvalue weighted by Crippen LogP contribution is -2.09. The maximum atomic E-state index is 11.3. The van der Waals surface area contributed by atoms with Crippen molar-refractivity contribution >= 4 is 17.0 Å². The van der Waals surface area contributed by atoms with Crippen LogP contribution in [0.15, 0.2) is 18.2 Å². The van der Waals surface area contributed by atoms with Crippen LogP contribution in [0.3, 0.4) is 0 Å². The molecule has 2 aromatic rings. The number of nitrogens with zero attached hydrogens (tertiary/aromatic N) is 2. The number of carboxylic acids is 1. The largest absolute Gasteiger partial charge is 0.478 e. The number of hydrogen-bond donors (Lipinski definition) is 1. The summed E-state index contributed by atoms with van der Waals surface area (Å²) in [7, 11) is 0. The van der Waals surface area contributed by atoms with E-state index >= 15 is 0 Å². The third-order valence-electron chi connectivity index (χ3n) is 4.37. The van der Waals surface area contributed by atoms with Crippen molar-refractivity contribution in [3.8, 4) is 0 Å². The topological polar surface area (TPSA) is 55.1 Å². The molecule has 106 valence electrons. The number of aryl methyl sites for hydroxylation is 1. The summed E-state index contributed by atoms with van der Waals surface area (Å²) in [5, 5.41) is 9.31. The molecule has 0 saturated heterocycles. The minimum atomic E-state index is -0.900. The Kier molecular flexibility index (Phi) is 3.24. The van der Waals surface area contributed by atoms with Gasteiger partial charge in [-0.25, -0.2) is 9.78 Å². The summed E-state index contributed by atoms with van der Waals surface area (Å²) in [6.07, 6.45) is 4.40. The zero-order valence-corrected chi connectivity index (χ0v) is 12.0. The molecule has 0 bridgehead atoms. The Morgan fingerprint density at radius 2 is 2.25 bits per heavy atom. The van der Waals surface area contributed by atoms with Gasteiger partial charge in [0.05, 0.1) is 11.1 Å². The van der Waals surface area contributed by atoms with Gasteiger partial charge in [-0.1, -0.05) is 19.9 Å². The average molecular weight is 272 g/mol. The van der Waals surface area contributed by atoms with Crippen LogP contribution in [-0.2, 0) is 6.42 Å². The van der Waals surface area contributed by atoms with E-state index in [0.717, 1.165) is 36.5 Å². The average Bonchev–Trinajstić information content (AvgIpc) is 3.00. The fourth-order valence-corrected chi connectivity index (χ4v) is 3.41. The van der Waals surface area contributed by atoms with Gasteiger partial charge in [0.1, 0.15) is 11.3 Å². The van der Waals surface area contributed by atoms with Crippen LogP contribution in [0, 0.1) is 5.92 Å². The first-order chi connectivity index (χ1) is 9.61. The molecule has 2 unspecified atom stereocenters. The lowest BCUT2D eigenvalue weighted by atomic mass is 10.1. The minimum Gasteiger partial charge on any atom is -0.478 e. The molecule has 1 aliphatic carbocycles. The number of carboxylic acid groups (broad SMARTS) is 1. The first kappa shape index (κ1) is 13.2. The fourth-order valence-electron chi connectivity index (χ4n) is 3.41. The van der Waals surface area contributed by atoms with Gasteiger partial charge in [-0.15, -0.1) is 0 Å². The summed E-state index contributed by atoms with van der Waals surface area (Å²) >= 11 is 0. The zero-order chi connectivity index (χ0) is 14.3. The van der Waals surface area contributed by atoms with E-state index in [1.165, 1.54) is 6.42 Å². The van der Waals surface area contributed by atoms with E-state index in [9.17, 15) is 9.90 Å². The molecule has 1 aliphatic rings. The molecule has 0 spiro atoms. The van der Waals surface area contributed by atoms with Crippen molar-refractivity contribution in [2.45, 2.75) is 45.6 Å². The number of benzene rings is 1. The second-order valence-corrected chi connectivity index (χ2v) is 5.80. The molecular formula is C16H20N2O2. The van der Waals surface area contributed by atoms with Crippen molar-refractivity contribution < 1.29 is 9.90 Å². The molecule has 0 radical (unpaired) electrons. The second kappa shape index (κ2) is 4.93. The van der Waals surface area contributed by atoms with Crippen molar-refractivity contribution in [1.29, 1.82) is 0 Å². The quantitative estimate of drug-likeness (QED) is 0.927. The lowest BCUT2D eigenvalue weighted by Gasteiger charge is -2.16. The number of imidazole rings is 1. The smallest absolute Gasteiger partial charge is 0.337 e. The van der Waals surface area contributed by atoms with Gasteiger partial charge in [0.25, 0.3) is 0 Å². The molecule has 1 aromatic carbocycles. The number of aromatic carboxylic acids is 1. The van der Waals surface area contributed by atoms with E-state index in [-0.39, 0.29) is 0 Å².